The number of rotatable bonds is 7. The molecule has 176 valence electrons. The number of carbonyl (C=O) groups is 1. The van der Waals surface area contributed by atoms with Crippen molar-refractivity contribution >= 4 is 26.7 Å². The molecule has 0 N–H and O–H groups in total. The quantitative estimate of drug-likeness (QED) is 0.211. The Morgan fingerprint density at radius 2 is 1.66 bits per heavy atom. The highest BCUT2D eigenvalue weighted by Gasteiger charge is 2.28. The topological polar surface area (TPSA) is 83.2 Å². The number of hydrogen-bond acceptors (Lipinski definition) is 5. The summed E-state index contributed by atoms with van der Waals surface area (Å²) in [6.45, 7) is 1.87. The summed E-state index contributed by atoms with van der Waals surface area (Å²) < 4.78 is 28.6. The summed E-state index contributed by atoms with van der Waals surface area (Å²) >= 11 is 0. The van der Waals surface area contributed by atoms with Crippen LogP contribution in [0.2, 0.25) is 0 Å². The fourth-order valence-corrected chi connectivity index (χ4v) is 5.46. The third-order valence-electron chi connectivity index (χ3n) is 5.62. The highest BCUT2D eigenvalue weighted by molar-refractivity contribution is 7.90. The number of nitrogens with zero attached hydrogens (tertiary/aromatic N) is 3. The summed E-state index contributed by atoms with van der Waals surface area (Å²) in [5.74, 6) is -0.655. The molecule has 0 bridgehead atoms. The van der Waals surface area contributed by atoms with Crippen LogP contribution in [0.5, 0.6) is 0 Å². The minimum atomic E-state index is -4.11. The van der Waals surface area contributed by atoms with Crippen LogP contribution in [-0.2, 0) is 16.4 Å². The van der Waals surface area contributed by atoms with Crippen molar-refractivity contribution in [1.82, 2.24) is 8.87 Å². The van der Waals surface area contributed by atoms with E-state index in [0.29, 0.717) is 17.3 Å². The lowest BCUT2D eigenvalue weighted by Crippen LogP contribution is -2.20. The van der Waals surface area contributed by atoms with Gasteiger partial charge >= 0.3 is 0 Å². The third-order valence-corrected chi connectivity index (χ3v) is 7.36. The molecule has 0 fully saturated rings. The molecule has 0 unspecified atom stereocenters. The second kappa shape index (κ2) is 9.61. The van der Waals surface area contributed by atoms with Gasteiger partial charge in [-0.25, -0.2) is 12.4 Å². The Hall–Kier alpha value is -4.15. The van der Waals surface area contributed by atoms with Crippen LogP contribution in [0, 0.1) is 18.3 Å². The van der Waals surface area contributed by atoms with Gasteiger partial charge in [-0.15, -0.1) is 0 Å². The molecule has 4 rings (SSSR count). The van der Waals surface area contributed by atoms with Gasteiger partial charge in [0.15, 0.2) is 0 Å². The maximum atomic E-state index is 13.8. The number of benzene rings is 3. The Morgan fingerprint density at radius 3 is 2.29 bits per heavy atom. The van der Waals surface area contributed by atoms with E-state index in [2.05, 4.69) is 0 Å². The molecule has 0 atom stereocenters. The lowest BCUT2D eigenvalue weighted by atomic mass is 10.0. The maximum Gasteiger partial charge on any atom is 0.268 e. The lowest BCUT2D eigenvalue weighted by Gasteiger charge is -2.12. The van der Waals surface area contributed by atoms with Crippen LogP contribution < -0.4 is 0 Å². The molecule has 0 radical (unpaired) electrons. The highest BCUT2D eigenvalue weighted by Crippen LogP contribution is 2.29. The number of Topliss-reactive ketones (excluding diaryl/α,β-unsaturated/α-hetero) is 1. The van der Waals surface area contributed by atoms with E-state index in [1.807, 2.05) is 55.5 Å². The number of aryl methyl sites for hydroxylation is 1. The first-order valence-corrected chi connectivity index (χ1v) is 12.5. The van der Waals surface area contributed by atoms with Crippen LogP contribution in [0.1, 0.15) is 27.2 Å². The molecule has 0 aliphatic carbocycles. The molecule has 4 aromatic rings. The Balaban J connectivity index is 1.92. The van der Waals surface area contributed by atoms with Crippen molar-refractivity contribution in [3.63, 3.8) is 0 Å². The van der Waals surface area contributed by atoms with E-state index in [1.54, 1.807) is 43.3 Å². The summed E-state index contributed by atoms with van der Waals surface area (Å²) in [6.07, 6.45) is 2.06. The van der Waals surface area contributed by atoms with Crippen molar-refractivity contribution in [1.29, 1.82) is 5.26 Å². The standard InChI is InChI=1S/C28H25N3O3S/c1-20-9-12-25(13-10-20)35(33,34)31-26-14-11-22(15-21-7-5-4-6-8-21)16-23(26)17-27(31)28(32)24(18-29)19-30(2)3/h4-14,16-17,19H,15H2,1-3H3/b24-19+. The molecule has 0 amide bonds. The number of hydrogen-bond donors (Lipinski definition) is 0. The fraction of sp³-hybridized carbons (Fsp3) is 0.143. The second-order valence-electron chi connectivity index (χ2n) is 8.61. The number of nitriles is 1. The maximum absolute atomic E-state index is 13.8. The van der Waals surface area contributed by atoms with E-state index in [1.165, 1.54) is 18.3 Å². The highest BCUT2D eigenvalue weighted by atomic mass is 32.2. The molecule has 1 aromatic heterocycles. The zero-order valence-corrected chi connectivity index (χ0v) is 20.6. The van der Waals surface area contributed by atoms with Gasteiger partial charge in [0.2, 0.25) is 5.78 Å². The van der Waals surface area contributed by atoms with Gasteiger partial charge in [0.25, 0.3) is 10.0 Å². The fourth-order valence-electron chi connectivity index (χ4n) is 3.95. The van der Waals surface area contributed by atoms with Crippen LogP contribution in [0.25, 0.3) is 10.9 Å². The van der Waals surface area contributed by atoms with Gasteiger partial charge < -0.3 is 4.90 Å². The Labute approximate surface area is 205 Å². The Kier molecular flexibility index (Phi) is 6.59. The molecule has 0 aliphatic rings. The predicted molar refractivity (Wildman–Crippen MR) is 137 cm³/mol. The van der Waals surface area contributed by atoms with Gasteiger partial charge in [0, 0.05) is 25.7 Å². The molecule has 7 heteroatoms. The molecule has 6 nitrogen and oxygen atoms in total. The Bertz CT molecular complexity index is 1570. The minimum absolute atomic E-state index is 0.0677. The molecular weight excluding hydrogens is 458 g/mol. The summed E-state index contributed by atoms with van der Waals surface area (Å²) in [7, 11) is -0.724. The molecule has 35 heavy (non-hydrogen) atoms. The van der Waals surface area contributed by atoms with E-state index in [0.717, 1.165) is 20.7 Å². The summed E-state index contributed by atoms with van der Waals surface area (Å²) in [6, 6.07) is 25.4. The average molecular weight is 484 g/mol. The largest absolute Gasteiger partial charge is 0.382 e. The van der Waals surface area contributed by atoms with Crippen molar-refractivity contribution in [3.8, 4) is 6.07 Å². The molecule has 0 spiro atoms. The van der Waals surface area contributed by atoms with Crippen LogP contribution in [-0.4, -0.2) is 37.2 Å². The van der Waals surface area contributed by atoms with Gasteiger partial charge in [-0.1, -0.05) is 54.1 Å². The van der Waals surface area contributed by atoms with E-state index < -0.39 is 15.8 Å². The zero-order chi connectivity index (χ0) is 25.2. The summed E-state index contributed by atoms with van der Waals surface area (Å²) in [5.41, 5.74) is 3.18. The predicted octanol–water partition coefficient (Wildman–Crippen LogP) is 4.93. The molecule has 0 saturated carbocycles. The number of carbonyl (C=O) groups excluding carboxylic acids is 1. The lowest BCUT2D eigenvalue weighted by molar-refractivity contribution is 0.103. The first-order chi connectivity index (χ1) is 16.7. The van der Waals surface area contributed by atoms with Crippen LogP contribution in [0.4, 0.5) is 0 Å². The first-order valence-electron chi connectivity index (χ1n) is 11.0. The minimum Gasteiger partial charge on any atom is -0.382 e. The van der Waals surface area contributed by atoms with Crippen molar-refractivity contribution in [3.05, 3.63) is 113 Å². The van der Waals surface area contributed by atoms with Gasteiger partial charge in [0.1, 0.15) is 17.3 Å². The number of aromatic nitrogens is 1. The molecule has 3 aromatic carbocycles. The van der Waals surface area contributed by atoms with E-state index >= 15 is 0 Å². The van der Waals surface area contributed by atoms with E-state index in [4.69, 9.17) is 0 Å². The van der Waals surface area contributed by atoms with Gasteiger partial charge in [0.05, 0.1) is 10.4 Å². The number of ketones is 1. The van der Waals surface area contributed by atoms with Crippen LogP contribution in [0.3, 0.4) is 0 Å². The zero-order valence-electron chi connectivity index (χ0n) is 19.8. The molecular formula is C28H25N3O3S. The molecule has 0 aliphatic heterocycles. The second-order valence-corrected chi connectivity index (χ2v) is 10.4. The Morgan fingerprint density at radius 1 is 0.971 bits per heavy atom. The van der Waals surface area contributed by atoms with Crippen molar-refractivity contribution in [2.45, 2.75) is 18.2 Å². The third kappa shape index (κ3) is 4.88. The summed E-state index contributed by atoms with van der Waals surface area (Å²) in [5, 5.41) is 10.2. The van der Waals surface area contributed by atoms with Crippen LogP contribution in [0.15, 0.2) is 95.5 Å². The SMILES string of the molecule is Cc1ccc(S(=O)(=O)n2c(C(=O)/C(C#N)=C/N(C)C)cc3cc(Cc4ccccc4)ccc32)cc1. The van der Waals surface area contributed by atoms with Crippen molar-refractivity contribution < 1.29 is 13.2 Å². The van der Waals surface area contributed by atoms with Gasteiger partial charge in [-0.3, -0.25) is 4.79 Å². The van der Waals surface area contributed by atoms with Gasteiger partial charge in [-0.05, 0) is 54.8 Å². The first kappa shape index (κ1) is 24.0. The monoisotopic (exact) mass is 483 g/mol. The van der Waals surface area contributed by atoms with Gasteiger partial charge in [-0.2, -0.15) is 5.26 Å². The van der Waals surface area contributed by atoms with E-state index in [9.17, 15) is 18.5 Å². The summed E-state index contributed by atoms with van der Waals surface area (Å²) in [4.78, 5) is 15.1. The smallest absolute Gasteiger partial charge is 0.268 e. The van der Waals surface area contributed by atoms with Crippen LogP contribution >= 0.6 is 0 Å². The molecule has 1 heterocycles. The van der Waals surface area contributed by atoms with E-state index in [-0.39, 0.29) is 16.2 Å². The molecule has 0 saturated heterocycles. The number of allylic oxidation sites excluding steroid dienone is 1. The number of fused-ring (bicyclic) bond motifs is 1. The normalized spacial score (nSPS) is 11.9. The van der Waals surface area contributed by atoms with Crippen molar-refractivity contribution in [2.24, 2.45) is 0 Å². The van der Waals surface area contributed by atoms with Crippen molar-refractivity contribution in [2.75, 3.05) is 14.1 Å². The average Bonchev–Trinajstić information content (AvgIpc) is 3.22.